The first-order valence-electron chi connectivity index (χ1n) is 12.3. The number of amides is 2. The molecule has 38 heavy (non-hydrogen) atoms. The van der Waals surface area contributed by atoms with Gasteiger partial charge in [0.25, 0.3) is 5.91 Å². The molecule has 3 fully saturated rings. The number of methoxy groups -OCH3 is 1. The number of aliphatic hydroxyl groups excluding tert-OH is 1. The topological polar surface area (TPSA) is 147 Å². The third kappa shape index (κ3) is 4.93. The maximum absolute atomic E-state index is 13.4. The summed E-state index contributed by atoms with van der Waals surface area (Å²) in [6.45, 7) is 3.52. The lowest BCUT2D eigenvalue weighted by molar-refractivity contribution is -0.132. The average Bonchev–Trinajstić information content (AvgIpc) is 3.81. The number of nitrogens with one attached hydrogen (secondary N) is 2. The van der Waals surface area contributed by atoms with Gasteiger partial charge in [0.1, 0.15) is 17.4 Å². The van der Waals surface area contributed by atoms with Gasteiger partial charge in [0.15, 0.2) is 0 Å². The highest BCUT2D eigenvalue weighted by Gasteiger charge is 2.61. The molecule has 1 aromatic carbocycles. The van der Waals surface area contributed by atoms with Gasteiger partial charge in [-0.3, -0.25) is 19.2 Å². The quantitative estimate of drug-likeness (QED) is 0.364. The first kappa shape index (κ1) is 26.7. The molecule has 3 aliphatic rings. The van der Waals surface area contributed by atoms with E-state index in [0.717, 1.165) is 5.39 Å². The van der Waals surface area contributed by atoms with Crippen LogP contribution < -0.4 is 19.5 Å². The molecule has 2 saturated carbocycles. The van der Waals surface area contributed by atoms with Gasteiger partial charge in [0.2, 0.25) is 21.8 Å². The number of ether oxygens (including phenoxy) is 2. The molecule has 0 spiro atoms. The number of aromatic nitrogens is 1. The molecule has 5 rings (SSSR count). The van der Waals surface area contributed by atoms with E-state index in [1.54, 1.807) is 18.2 Å². The summed E-state index contributed by atoms with van der Waals surface area (Å²) in [6.07, 6.45) is 4.02. The number of carbonyl (C=O) groups excluding carboxylic acids is 2. The zero-order chi connectivity index (χ0) is 27.2. The highest BCUT2D eigenvalue weighted by Crippen LogP contribution is 2.45. The van der Waals surface area contributed by atoms with E-state index in [9.17, 15) is 23.1 Å². The largest absolute Gasteiger partial charge is 0.494 e. The van der Waals surface area contributed by atoms with Gasteiger partial charge in [-0.1, -0.05) is 17.7 Å². The highest BCUT2D eigenvalue weighted by atomic mass is 35.5. The lowest BCUT2D eigenvalue weighted by Crippen LogP contribution is -2.56. The number of fused-ring (bicyclic) bond motifs is 1. The molecule has 11 nitrogen and oxygen atoms in total. The molecule has 3 N–H and O–H groups in total. The molecule has 4 atom stereocenters. The Morgan fingerprint density at radius 1 is 1.34 bits per heavy atom. The minimum Gasteiger partial charge on any atom is -0.494 e. The summed E-state index contributed by atoms with van der Waals surface area (Å²) in [7, 11) is -2.24. The monoisotopic (exact) mass is 564 g/mol. The van der Waals surface area contributed by atoms with Crippen LogP contribution in [0.1, 0.15) is 25.7 Å². The zero-order valence-electron chi connectivity index (χ0n) is 20.7. The minimum atomic E-state index is -3.78. The van der Waals surface area contributed by atoms with Crippen molar-refractivity contribution in [1.82, 2.24) is 19.9 Å². The van der Waals surface area contributed by atoms with Crippen LogP contribution in [0, 0.1) is 5.92 Å². The molecule has 0 bridgehead atoms. The number of benzene rings is 1. The van der Waals surface area contributed by atoms with Gasteiger partial charge >= 0.3 is 0 Å². The van der Waals surface area contributed by atoms with Crippen LogP contribution in [0.4, 0.5) is 0 Å². The Morgan fingerprint density at radius 2 is 2.11 bits per heavy atom. The van der Waals surface area contributed by atoms with E-state index in [-0.39, 0.29) is 19.4 Å². The minimum absolute atomic E-state index is 0.207. The fraction of sp³-hybridized carbons (Fsp3) is 0.480. The van der Waals surface area contributed by atoms with E-state index in [4.69, 9.17) is 21.1 Å². The predicted molar refractivity (Wildman–Crippen MR) is 139 cm³/mol. The summed E-state index contributed by atoms with van der Waals surface area (Å²) in [5.74, 6) is -0.823. The molecule has 204 valence electrons. The number of sulfonamides is 1. The fourth-order valence-electron chi connectivity index (χ4n) is 4.97. The summed E-state index contributed by atoms with van der Waals surface area (Å²) in [6, 6.07) is 4.44. The number of carbonyl (C=O) groups is 2. The van der Waals surface area contributed by atoms with Crippen molar-refractivity contribution in [2.24, 2.45) is 5.92 Å². The molecule has 2 aliphatic carbocycles. The smallest absolute Gasteiger partial charge is 0.259 e. The molecule has 1 saturated heterocycles. The van der Waals surface area contributed by atoms with Crippen LogP contribution in [0.15, 0.2) is 37.1 Å². The molecule has 0 unspecified atom stereocenters. The molecule has 13 heteroatoms. The molecule has 1 aliphatic heterocycles. The lowest BCUT2D eigenvalue weighted by Gasteiger charge is -2.24. The first-order valence-corrected chi connectivity index (χ1v) is 14.2. The van der Waals surface area contributed by atoms with Gasteiger partial charge in [0.05, 0.1) is 31.3 Å². The van der Waals surface area contributed by atoms with Crippen molar-refractivity contribution in [2.45, 2.75) is 48.6 Å². The van der Waals surface area contributed by atoms with Crippen molar-refractivity contribution in [1.29, 1.82) is 0 Å². The van der Waals surface area contributed by atoms with Crippen molar-refractivity contribution < 1.29 is 32.6 Å². The van der Waals surface area contributed by atoms with Gasteiger partial charge in [-0.2, -0.15) is 0 Å². The van der Waals surface area contributed by atoms with Crippen molar-refractivity contribution in [2.75, 3.05) is 20.4 Å². The number of hydrogen-bond donors (Lipinski definition) is 3. The Bertz CT molecular complexity index is 1400. The number of pyridine rings is 1. The lowest BCUT2D eigenvalue weighted by atomic mass is 10.1. The maximum atomic E-state index is 13.4. The summed E-state index contributed by atoms with van der Waals surface area (Å²) in [4.78, 5) is 32.2. The van der Waals surface area contributed by atoms with E-state index < -0.39 is 57.4 Å². The normalized spacial score (nSPS) is 27.1. The Hall–Kier alpha value is -2.93. The molecule has 2 aromatic rings. The molecule has 2 heterocycles. The number of hydrogen-bond acceptors (Lipinski definition) is 9. The van der Waals surface area contributed by atoms with E-state index in [2.05, 4.69) is 21.6 Å². The fourth-order valence-corrected chi connectivity index (χ4v) is 6.51. The van der Waals surface area contributed by atoms with Gasteiger partial charge in [-0.25, -0.2) is 13.4 Å². The second kappa shape index (κ2) is 9.99. The Kier molecular flexibility index (Phi) is 7.01. The van der Waals surface area contributed by atoms with Crippen LogP contribution in [0.5, 0.6) is 11.6 Å². The number of aliphatic hydroxyl groups is 1. The predicted octanol–water partition coefficient (Wildman–Crippen LogP) is 1.34. The maximum Gasteiger partial charge on any atom is 0.259 e. The summed E-state index contributed by atoms with van der Waals surface area (Å²) >= 11 is 6.19. The number of likely N-dealkylation sites (tertiary alicyclic amines) is 1. The number of nitrogens with zero attached hydrogens (tertiary/aromatic N) is 2. The third-order valence-electron chi connectivity index (χ3n) is 7.37. The standard InChI is InChI=1S/C25H29ClN4O7S/c1-3-14-10-25(14,24(33)29-38(34,35)17-5-6-17)28-22(32)20-9-16(12-30(20)13-31)37-23-19-8-15(26)4-7-18(19)21(36-2)11-27-23/h3-4,7-8,11,14,16-17,20,31H,1,5-6,9-10,12-13H2,2H3,(H,28,32)(H,29,33)/t14-,16-,20+,25-/m1/s1. The first-order chi connectivity index (χ1) is 18.1. The van der Waals surface area contributed by atoms with E-state index in [1.807, 2.05) is 0 Å². The zero-order valence-corrected chi connectivity index (χ0v) is 22.3. The Morgan fingerprint density at radius 3 is 2.74 bits per heavy atom. The summed E-state index contributed by atoms with van der Waals surface area (Å²) in [5.41, 5.74) is -1.40. The van der Waals surface area contributed by atoms with Crippen LogP contribution in [0.25, 0.3) is 10.8 Å². The van der Waals surface area contributed by atoms with E-state index >= 15 is 0 Å². The number of rotatable bonds is 10. The van der Waals surface area contributed by atoms with Gasteiger partial charge in [-0.15, -0.1) is 6.58 Å². The van der Waals surface area contributed by atoms with Crippen LogP contribution in [0.3, 0.4) is 0 Å². The van der Waals surface area contributed by atoms with Crippen LogP contribution in [-0.2, 0) is 19.6 Å². The second-order valence-electron chi connectivity index (χ2n) is 9.91. The van der Waals surface area contributed by atoms with Crippen LogP contribution in [-0.4, -0.2) is 78.5 Å². The molecule has 1 aromatic heterocycles. The Balaban J connectivity index is 1.31. The van der Waals surface area contributed by atoms with E-state index in [0.29, 0.717) is 34.9 Å². The van der Waals surface area contributed by atoms with Crippen molar-refractivity contribution in [3.63, 3.8) is 0 Å². The molecular weight excluding hydrogens is 536 g/mol. The molecule has 0 radical (unpaired) electrons. The number of halogens is 1. The molecule has 2 amide bonds. The highest BCUT2D eigenvalue weighted by molar-refractivity contribution is 7.91. The second-order valence-corrected chi connectivity index (χ2v) is 12.3. The molecular formula is C25H29ClN4O7S. The van der Waals surface area contributed by atoms with Gasteiger partial charge < -0.3 is 19.9 Å². The Labute approximate surface area is 225 Å². The summed E-state index contributed by atoms with van der Waals surface area (Å²) in [5, 5.41) is 14.0. The van der Waals surface area contributed by atoms with Crippen molar-refractivity contribution in [3.05, 3.63) is 42.1 Å². The van der Waals surface area contributed by atoms with Crippen molar-refractivity contribution >= 4 is 44.2 Å². The average molecular weight is 565 g/mol. The van der Waals surface area contributed by atoms with Crippen molar-refractivity contribution in [3.8, 4) is 11.6 Å². The van der Waals surface area contributed by atoms with Crippen LogP contribution >= 0.6 is 11.6 Å². The SMILES string of the molecule is C=C[C@@H]1C[C@]1(NC(=O)[C@@H]1C[C@@H](Oc2ncc(OC)c3ccc(Cl)cc23)CN1CO)C(=O)NS(=O)(=O)C1CC1. The van der Waals surface area contributed by atoms with Gasteiger partial charge in [0, 0.05) is 34.7 Å². The van der Waals surface area contributed by atoms with E-state index in [1.165, 1.54) is 24.3 Å². The van der Waals surface area contributed by atoms with Gasteiger partial charge in [-0.05, 0) is 37.5 Å². The van der Waals surface area contributed by atoms with Crippen LogP contribution in [0.2, 0.25) is 5.02 Å². The third-order valence-corrected chi connectivity index (χ3v) is 9.43. The summed E-state index contributed by atoms with van der Waals surface area (Å²) < 4.78 is 38.3.